The number of carbonyl (C=O) groups is 1. The van der Waals surface area contributed by atoms with Crippen LogP contribution in [-0.2, 0) is 17.4 Å². The second-order valence-electron chi connectivity index (χ2n) is 7.59. The molecule has 1 saturated heterocycles. The van der Waals surface area contributed by atoms with Crippen molar-refractivity contribution < 1.29 is 18.0 Å². The number of nitrogens with one attached hydrogen (secondary N) is 1. The van der Waals surface area contributed by atoms with Crippen molar-refractivity contribution in [2.45, 2.75) is 32.9 Å². The highest BCUT2D eigenvalue weighted by Crippen LogP contribution is 2.32. The Hall–Kier alpha value is -3.28. The first-order valence-electron chi connectivity index (χ1n) is 9.94. The SMILES string of the molecule is Cc1[nH]c(=O)c(C#N)c(C)c1CCC(=O)N1CCN(c2cccc(C(F)(F)F)c2)CC1. The normalized spacial score (nSPS) is 14.5. The lowest BCUT2D eigenvalue weighted by atomic mass is 9.99. The van der Waals surface area contributed by atoms with Crippen molar-refractivity contribution in [3.8, 4) is 6.07 Å². The number of hydrogen-bond acceptors (Lipinski definition) is 4. The van der Waals surface area contributed by atoms with Crippen LogP contribution in [0.5, 0.6) is 0 Å². The van der Waals surface area contributed by atoms with Gasteiger partial charge in [-0.3, -0.25) is 9.59 Å². The molecule has 1 aromatic heterocycles. The van der Waals surface area contributed by atoms with E-state index in [1.54, 1.807) is 24.8 Å². The summed E-state index contributed by atoms with van der Waals surface area (Å²) in [6, 6.07) is 7.10. The van der Waals surface area contributed by atoms with Crippen molar-refractivity contribution in [3.05, 3.63) is 62.6 Å². The third-order valence-electron chi connectivity index (χ3n) is 5.68. The average Bonchev–Trinajstić information content (AvgIpc) is 2.73. The van der Waals surface area contributed by atoms with Crippen LogP contribution in [0.25, 0.3) is 0 Å². The van der Waals surface area contributed by atoms with E-state index in [0.29, 0.717) is 49.5 Å². The predicted molar refractivity (Wildman–Crippen MR) is 110 cm³/mol. The molecule has 0 bridgehead atoms. The fourth-order valence-corrected chi connectivity index (χ4v) is 3.90. The summed E-state index contributed by atoms with van der Waals surface area (Å²) in [6.45, 7) is 5.17. The van der Waals surface area contributed by atoms with Gasteiger partial charge in [-0.2, -0.15) is 18.4 Å². The van der Waals surface area contributed by atoms with Crippen LogP contribution in [0.2, 0.25) is 0 Å². The molecular weight excluding hydrogens is 409 g/mol. The molecule has 1 amide bonds. The van der Waals surface area contributed by atoms with Crippen molar-refractivity contribution in [2.24, 2.45) is 0 Å². The number of halogens is 3. The fourth-order valence-electron chi connectivity index (χ4n) is 3.90. The van der Waals surface area contributed by atoms with E-state index in [4.69, 9.17) is 5.26 Å². The summed E-state index contributed by atoms with van der Waals surface area (Å²) in [5, 5.41) is 9.16. The number of H-pyrrole nitrogens is 1. The quantitative estimate of drug-likeness (QED) is 0.805. The maximum Gasteiger partial charge on any atom is 0.416 e. The van der Waals surface area contributed by atoms with Gasteiger partial charge in [0, 0.05) is 44.0 Å². The Balaban J connectivity index is 1.61. The van der Waals surface area contributed by atoms with Crippen LogP contribution in [0.1, 0.15) is 34.4 Å². The Bertz CT molecular complexity index is 1080. The number of carbonyl (C=O) groups excluding carboxylic acids is 1. The van der Waals surface area contributed by atoms with E-state index in [0.717, 1.165) is 17.7 Å². The van der Waals surface area contributed by atoms with Gasteiger partial charge < -0.3 is 14.8 Å². The van der Waals surface area contributed by atoms with E-state index >= 15 is 0 Å². The molecule has 0 radical (unpaired) electrons. The Morgan fingerprint density at radius 3 is 2.48 bits per heavy atom. The number of hydrogen-bond donors (Lipinski definition) is 1. The van der Waals surface area contributed by atoms with E-state index in [2.05, 4.69) is 4.98 Å². The molecule has 0 saturated carbocycles. The summed E-state index contributed by atoms with van der Waals surface area (Å²) < 4.78 is 38.8. The number of amides is 1. The lowest BCUT2D eigenvalue weighted by Gasteiger charge is -2.36. The van der Waals surface area contributed by atoms with Gasteiger partial charge in [0.2, 0.25) is 5.91 Å². The maximum atomic E-state index is 12.9. The molecule has 1 N–H and O–H groups in total. The van der Waals surface area contributed by atoms with Gasteiger partial charge in [-0.15, -0.1) is 0 Å². The van der Waals surface area contributed by atoms with Crippen molar-refractivity contribution in [1.29, 1.82) is 5.26 Å². The fraction of sp³-hybridized carbons (Fsp3) is 0.409. The summed E-state index contributed by atoms with van der Waals surface area (Å²) >= 11 is 0. The minimum Gasteiger partial charge on any atom is -0.368 e. The van der Waals surface area contributed by atoms with Gasteiger partial charge in [0.25, 0.3) is 5.56 Å². The Labute approximate surface area is 177 Å². The number of alkyl halides is 3. The molecule has 9 heteroatoms. The van der Waals surface area contributed by atoms with Gasteiger partial charge >= 0.3 is 6.18 Å². The van der Waals surface area contributed by atoms with E-state index in [-0.39, 0.29) is 17.9 Å². The highest BCUT2D eigenvalue weighted by atomic mass is 19.4. The summed E-state index contributed by atoms with van der Waals surface area (Å²) in [4.78, 5) is 30.7. The Morgan fingerprint density at radius 1 is 1.19 bits per heavy atom. The maximum absolute atomic E-state index is 12.9. The molecule has 164 valence electrons. The number of aryl methyl sites for hydroxylation is 1. The number of rotatable bonds is 4. The second kappa shape index (κ2) is 8.84. The first kappa shape index (κ1) is 22.4. The Morgan fingerprint density at radius 2 is 1.87 bits per heavy atom. The van der Waals surface area contributed by atoms with Crippen molar-refractivity contribution in [2.75, 3.05) is 31.1 Å². The number of nitriles is 1. The number of nitrogens with zero attached hydrogens (tertiary/aromatic N) is 3. The molecule has 31 heavy (non-hydrogen) atoms. The van der Waals surface area contributed by atoms with Gasteiger partial charge in [-0.05, 0) is 49.6 Å². The molecule has 6 nitrogen and oxygen atoms in total. The van der Waals surface area contributed by atoms with Crippen LogP contribution in [0, 0.1) is 25.2 Å². The zero-order chi connectivity index (χ0) is 22.8. The van der Waals surface area contributed by atoms with Gasteiger partial charge in [-0.1, -0.05) is 6.07 Å². The third-order valence-corrected chi connectivity index (χ3v) is 5.68. The topological polar surface area (TPSA) is 80.2 Å². The van der Waals surface area contributed by atoms with Crippen LogP contribution in [0.3, 0.4) is 0 Å². The largest absolute Gasteiger partial charge is 0.416 e. The molecular formula is C22H23F3N4O2. The minimum atomic E-state index is -4.39. The standard InChI is InChI=1S/C22H23F3N4O2/c1-14-18(15(2)27-21(31)19(14)13-26)6-7-20(30)29-10-8-28(9-11-29)17-5-3-4-16(12-17)22(23,24)25/h3-5,12H,6-11H2,1-2H3,(H,27,31). The summed E-state index contributed by atoms with van der Waals surface area (Å²) in [7, 11) is 0. The van der Waals surface area contributed by atoms with Crippen molar-refractivity contribution >= 4 is 11.6 Å². The molecule has 0 aliphatic carbocycles. The predicted octanol–water partition coefficient (Wildman–Crippen LogP) is 3.16. The van der Waals surface area contributed by atoms with Gasteiger partial charge in [0.15, 0.2) is 0 Å². The van der Waals surface area contributed by atoms with Crippen LogP contribution >= 0.6 is 0 Å². The van der Waals surface area contributed by atoms with Gasteiger partial charge in [-0.25, -0.2) is 0 Å². The summed E-state index contributed by atoms with van der Waals surface area (Å²) in [5.41, 5.74) is 1.44. The molecule has 0 atom stereocenters. The number of anilines is 1. The first-order chi connectivity index (χ1) is 14.6. The lowest BCUT2D eigenvalue weighted by Crippen LogP contribution is -2.48. The number of aromatic amines is 1. The minimum absolute atomic E-state index is 0.0581. The van der Waals surface area contributed by atoms with Crippen LogP contribution < -0.4 is 10.5 Å². The third kappa shape index (κ3) is 4.90. The van der Waals surface area contributed by atoms with E-state index in [9.17, 15) is 22.8 Å². The van der Waals surface area contributed by atoms with E-state index in [1.165, 1.54) is 6.07 Å². The van der Waals surface area contributed by atoms with Crippen LogP contribution in [-0.4, -0.2) is 42.0 Å². The average molecular weight is 432 g/mol. The number of aromatic nitrogens is 1. The highest BCUT2D eigenvalue weighted by molar-refractivity contribution is 5.77. The van der Waals surface area contributed by atoms with Crippen LogP contribution in [0.4, 0.5) is 18.9 Å². The monoisotopic (exact) mass is 432 g/mol. The number of piperazine rings is 1. The zero-order valence-electron chi connectivity index (χ0n) is 17.3. The molecule has 1 aromatic carbocycles. The smallest absolute Gasteiger partial charge is 0.368 e. The van der Waals surface area contributed by atoms with Crippen molar-refractivity contribution in [1.82, 2.24) is 9.88 Å². The molecule has 1 aliphatic rings. The zero-order valence-corrected chi connectivity index (χ0v) is 17.3. The highest BCUT2D eigenvalue weighted by Gasteiger charge is 2.31. The number of benzene rings is 1. The van der Waals surface area contributed by atoms with Gasteiger partial charge in [0.1, 0.15) is 11.6 Å². The van der Waals surface area contributed by atoms with E-state index in [1.807, 2.05) is 11.0 Å². The second-order valence-corrected chi connectivity index (χ2v) is 7.59. The number of pyridine rings is 1. The molecule has 2 aromatic rings. The molecule has 2 heterocycles. The summed E-state index contributed by atoms with van der Waals surface area (Å²) in [5.74, 6) is -0.0628. The molecule has 3 rings (SSSR count). The summed E-state index contributed by atoms with van der Waals surface area (Å²) in [6.07, 6.45) is -3.77. The van der Waals surface area contributed by atoms with Crippen LogP contribution in [0.15, 0.2) is 29.1 Å². The lowest BCUT2D eigenvalue weighted by molar-refractivity contribution is -0.137. The molecule has 0 spiro atoms. The molecule has 1 fully saturated rings. The Kier molecular flexibility index (Phi) is 6.39. The van der Waals surface area contributed by atoms with E-state index < -0.39 is 17.3 Å². The molecule has 0 unspecified atom stereocenters. The first-order valence-corrected chi connectivity index (χ1v) is 9.94. The molecule has 1 aliphatic heterocycles. The van der Waals surface area contributed by atoms with Crippen molar-refractivity contribution in [3.63, 3.8) is 0 Å². The van der Waals surface area contributed by atoms with Gasteiger partial charge in [0.05, 0.1) is 5.56 Å².